The van der Waals surface area contributed by atoms with Crippen LogP contribution in [0.15, 0.2) is 35.2 Å². The van der Waals surface area contributed by atoms with Crippen LogP contribution in [0.3, 0.4) is 0 Å². The number of hydrogen-bond acceptors (Lipinski definition) is 2. The molecule has 0 fully saturated rings. The average Bonchev–Trinajstić information content (AvgIpc) is 2.48. The molecule has 0 aromatic heterocycles. The van der Waals surface area contributed by atoms with Crippen molar-refractivity contribution in [2.45, 2.75) is 31.5 Å². The molecule has 0 radical (unpaired) electrons. The van der Waals surface area contributed by atoms with E-state index in [2.05, 4.69) is 4.72 Å². The molecule has 0 saturated heterocycles. The van der Waals surface area contributed by atoms with Crippen molar-refractivity contribution in [1.29, 1.82) is 0 Å². The summed E-state index contributed by atoms with van der Waals surface area (Å²) in [6.07, 6.45) is -4.86. The maximum Gasteiger partial charge on any atom is 0.419 e. The molecular weight excluding hydrogens is 382 g/mol. The summed E-state index contributed by atoms with van der Waals surface area (Å²) in [5.74, 6) is -1.50. The van der Waals surface area contributed by atoms with Gasteiger partial charge in [0.05, 0.1) is 10.5 Å². The second-order valence-electron chi connectivity index (χ2n) is 5.47. The Morgan fingerprint density at radius 3 is 2.36 bits per heavy atom. The minimum absolute atomic E-state index is 0.0678. The molecule has 9 heteroatoms. The van der Waals surface area contributed by atoms with Crippen LogP contribution in [0.2, 0.25) is 5.02 Å². The summed E-state index contributed by atoms with van der Waals surface area (Å²) in [5.41, 5.74) is -0.949. The average molecular weight is 396 g/mol. The summed E-state index contributed by atoms with van der Waals surface area (Å²) >= 11 is 5.92. The van der Waals surface area contributed by atoms with Gasteiger partial charge in [0.15, 0.2) is 0 Å². The normalized spacial score (nSPS) is 12.4. The molecule has 25 heavy (non-hydrogen) atoms. The van der Waals surface area contributed by atoms with Crippen molar-refractivity contribution in [1.82, 2.24) is 4.72 Å². The van der Waals surface area contributed by atoms with Crippen molar-refractivity contribution in [3.05, 3.63) is 63.4 Å². The molecular formula is C16H14ClF4NO2S. The quantitative estimate of drug-likeness (QED) is 0.769. The number of nitrogens with one attached hydrogen (secondary N) is 1. The van der Waals surface area contributed by atoms with Gasteiger partial charge in [-0.05, 0) is 43.2 Å². The van der Waals surface area contributed by atoms with Crippen LogP contribution in [0.1, 0.15) is 22.3 Å². The highest BCUT2D eigenvalue weighted by molar-refractivity contribution is 7.89. The van der Waals surface area contributed by atoms with Gasteiger partial charge in [-0.1, -0.05) is 23.7 Å². The van der Waals surface area contributed by atoms with Gasteiger partial charge in [-0.15, -0.1) is 0 Å². The van der Waals surface area contributed by atoms with E-state index in [0.29, 0.717) is 22.2 Å². The Hall–Kier alpha value is -1.64. The van der Waals surface area contributed by atoms with Crippen molar-refractivity contribution in [2.75, 3.05) is 0 Å². The summed E-state index contributed by atoms with van der Waals surface area (Å²) in [6.45, 7) is 2.54. The molecule has 2 aromatic rings. The fourth-order valence-corrected chi connectivity index (χ4v) is 3.76. The Bertz CT molecular complexity index is 911. The zero-order valence-corrected chi connectivity index (χ0v) is 14.8. The van der Waals surface area contributed by atoms with E-state index in [1.807, 2.05) is 0 Å². The smallest absolute Gasteiger partial charge is 0.207 e. The van der Waals surface area contributed by atoms with E-state index in [1.54, 1.807) is 6.92 Å². The highest BCUT2D eigenvalue weighted by atomic mass is 35.5. The van der Waals surface area contributed by atoms with E-state index in [-0.39, 0.29) is 4.90 Å². The molecule has 2 aromatic carbocycles. The van der Waals surface area contributed by atoms with Crippen molar-refractivity contribution < 1.29 is 26.0 Å². The lowest BCUT2D eigenvalue weighted by Gasteiger charge is -2.13. The summed E-state index contributed by atoms with van der Waals surface area (Å²) in [4.78, 5) is -0.0678. The molecule has 136 valence electrons. The lowest BCUT2D eigenvalue weighted by atomic mass is 10.1. The Labute approximate surface area is 147 Å². The van der Waals surface area contributed by atoms with E-state index < -0.39 is 39.7 Å². The van der Waals surface area contributed by atoms with E-state index in [4.69, 9.17) is 11.6 Å². The van der Waals surface area contributed by atoms with Crippen LogP contribution < -0.4 is 4.72 Å². The molecule has 0 aliphatic carbocycles. The van der Waals surface area contributed by atoms with Gasteiger partial charge in [0, 0.05) is 17.1 Å². The summed E-state index contributed by atoms with van der Waals surface area (Å²) in [5, 5.41) is 0.389. The fraction of sp³-hybridized carbons (Fsp3) is 0.250. The largest absolute Gasteiger partial charge is 0.419 e. The lowest BCUT2D eigenvalue weighted by Crippen LogP contribution is -2.25. The Morgan fingerprint density at radius 1 is 1.12 bits per heavy atom. The molecule has 1 N–H and O–H groups in total. The van der Waals surface area contributed by atoms with Crippen LogP contribution in [0.4, 0.5) is 17.6 Å². The first-order valence-electron chi connectivity index (χ1n) is 7.04. The van der Waals surface area contributed by atoms with Crippen molar-refractivity contribution in [3.8, 4) is 0 Å². The third-order valence-corrected chi connectivity index (χ3v) is 5.53. The number of sulfonamides is 1. The molecule has 3 nitrogen and oxygen atoms in total. The molecule has 0 unspecified atom stereocenters. The van der Waals surface area contributed by atoms with E-state index >= 15 is 0 Å². The lowest BCUT2D eigenvalue weighted by molar-refractivity contribution is -0.140. The summed E-state index contributed by atoms with van der Waals surface area (Å²) in [7, 11) is -4.05. The van der Waals surface area contributed by atoms with Crippen molar-refractivity contribution in [2.24, 2.45) is 0 Å². The van der Waals surface area contributed by atoms with E-state index in [9.17, 15) is 26.0 Å². The van der Waals surface area contributed by atoms with Gasteiger partial charge >= 0.3 is 6.18 Å². The van der Waals surface area contributed by atoms with Gasteiger partial charge in [-0.25, -0.2) is 17.5 Å². The molecule has 0 saturated carbocycles. The topological polar surface area (TPSA) is 46.2 Å². The molecule has 0 aliphatic rings. The predicted molar refractivity (Wildman–Crippen MR) is 86.4 cm³/mol. The fourth-order valence-electron chi connectivity index (χ4n) is 2.23. The molecule has 0 atom stereocenters. The number of halogens is 5. The van der Waals surface area contributed by atoms with Crippen LogP contribution in [0, 0.1) is 19.7 Å². The second-order valence-corrected chi connectivity index (χ2v) is 7.61. The van der Waals surface area contributed by atoms with Crippen LogP contribution in [-0.2, 0) is 22.7 Å². The van der Waals surface area contributed by atoms with Gasteiger partial charge in [0.1, 0.15) is 5.82 Å². The maximum atomic E-state index is 14.0. The SMILES string of the molecule is Cc1cc(S(=O)(=O)NCc2cccc(C(F)(F)F)c2F)c(C)cc1Cl. The van der Waals surface area contributed by atoms with E-state index in [1.165, 1.54) is 19.1 Å². The molecule has 0 spiro atoms. The second kappa shape index (κ2) is 6.93. The van der Waals surface area contributed by atoms with Gasteiger partial charge in [-0.3, -0.25) is 0 Å². The highest BCUT2D eigenvalue weighted by Crippen LogP contribution is 2.32. The third kappa shape index (κ3) is 4.31. The number of alkyl halides is 3. The predicted octanol–water partition coefficient (Wildman–Crippen LogP) is 4.59. The first-order chi connectivity index (χ1) is 11.4. The van der Waals surface area contributed by atoms with Crippen LogP contribution in [-0.4, -0.2) is 8.42 Å². The molecule has 0 amide bonds. The van der Waals surface area contributed by atoms with Crippen molar-refractivity contribution in [3.63, 3.8) is 0 Å². The monoisotopic (exact) mass is 395 g/mol. The van der Waals surface area contributed by atoms with Crippen LogP contribution >= 0.6 is 11.6 Å². The number of rotatable bonds is 4. The summed E-state index contributed by atoms with van der Waals surface area (Å²) in [6, 6.07) is 5.53. The van der Waals surface area contributed by atoms with Crippen molar-refractivity contribution >= 4 is 21.6 Å². The van der Waals surface area contributed by atoms with Gasteiger partial charge in [0.25, 0.3) is 0 Å². The number of aryl methyl sites for hydroxylation is 2. The first-order valence-corrected chi connectivity index (χ1v) is 8.90. The minimum Gasteiger partial charge on any atom is -0.207 e. The summed E-state index contributed by atoms with van der Waals surface area (Å²) < 4.78 is 79.0. The van der Waals surface area contributed by atoms with Gasteiger partial charge < -0.3 is 0 Å². The number of benzene rings is 2. The minimum atomic E-state index is -4.86. The Balaban J connectivity index is 2.31. The zero-order valence-electron chi connectivity index (χ0n) is 13.2. The van der Waals surface area contributed by atoms with E-state index in [0.717, 1.165) is 12.1 Å². The molecule has 2 rings (SSSR count). The third-order valence-electron chi connectivity index (χ3n) is 3.58. The molecule has 0 bridgehead atoms. The van der Waals surface area contributed by atoms with Crippen LogP contribution in [0.5, 0.6) is 0 Å². The first kappa shape index (κ1) is 19.7. The van der Waals surface area contributed by atoms with Gasteiger partial charge in [-0.2, -0.15) is 13.2 Å². The Kier molecular flexibility index (Phi) is 5.46. The molecule has 0 heterocycles. The zero-order chi connectivity index (χ0) is 19.0. The maximum absolute atomic E-state index is 14.0. The number of hydrogen-bond donors (Lipinski definition) is 1. The van der Waals surface area contributed by atoms with Gasteiger partial charge in [0.2, 0.25) is 10.0 Å². The highest BCUT2D eigenvalue weighted by Gasteiger charge is 2.34. The Morgan fingerprint density at radius 2 is 1.76 bits per heavy atom. The standard InChI is InChI=1S/C16H14ClF4NO2S/c1-9-7-14(10(2)6-13(9)17)25(23,24)22-8-11-4-3-5-12(15(11)18)16(19,20)21/h3-7,22H,8H2,1-2H3. The molecule has 0 aliphatic heterocycles. The van der Waals surface area contributed by atoms with Crippen LogP contribution in [0.25, 0.3) is 0 Å².